The molecule has 4 saturated carbocycles. The average Bonchev–Trinajstić information content (AvgIpc) is 2.78. The van der Waals surface area contributed by atoms with E-state index < -0.39 is 0 Å². The molecule has 4 aliphatic carbocycles. The summed E-state index contributed by atoms with van der Waals surface area (Å²) in [6.07, 6.45) is 11.7. The van der Waals surface area contributed by atoms with E-state index in [0.29, 0.717) is 23.5 Å². The molecule has 0 aliphatic heterocycles. The molecule has 0 aromatic carbocycles. The standard InChI is InChI=1S/C20H32O2/c1-19-10-5-4-6-13(19)7-8-14-15(19)9-11-20(2)17(21)12-16(22-3)18(14)20/h13-16,18H,4-12H2,1-3H3/t13-,14?,15?,16?,18?,19?,20?/m1/s1. The first kappa shape index (κ1) is 15.2. The summed E-state index contributed by atoms with van der Waals surface area (Å²) in [6.45, 7) is 4.85. The number of hydrogen-bond acceptors (Lipinski definition) is 2. The highest BCUT2D eigenvalue weighted by atomic mass is 16.5. The normalized spacial score (nSPS) is 54.5. The lowest BCUT2D eigenvalue weighted by Gasteiger charge is -2.60. The summed E-state index contributed by atoms with van der Waals surface area (Å²) in [5, 5.41) is 0. The van der Waals surface area contributed by atoms with Crippen molar-refractivity contribution in [1.82, 2.24) is 0 Å². The Bertz CT molecular complexity index is 472. The van der Waals surface area contributed by atoms with E-state index in [1.807, 2.05) is 7.11 Å². The van der Waals surface area contributed by atoms with Crippen LogP contribution in [0.15, 0.2) is 0 Å². The number of carbonyl (C=O) groups excluding carboxylic acids is 1. The molecule has 0 aromatic heterocycles. The molecule has 4 fully saturated rings. The Kier molecular flexibility index (Phi) is 3.49. The second-order valence-corrected chi connectivity index (χ2v) is 9.18. The molecule has 6 unspecified atom stereocenters. The van der Waals surface area contributed by atoms with Crippen molar-refractivity contribution in [2.75, 3.05) is 7.11 Å². The van der Waals surface area contributed by atoms with Crippen molar-refractivity contribution in [2.45, 2.75) is 77.7 Å². The Labute approximate surface area is 135 Å². The largest absolute Gasteiger partial charge is 0.381 e. The zero-order valence-corrected chi connectivity index (χ0v) is 14.6. The third-order valence-electron chi connectivity index (χ3n) is 8.56. The summed E-state index contributed by atoms with van der Waals surface area (Å²) in [7, 11) is 1.82. The highest BCUT2D eigenvalue weighted by Crippen LogP contribution is 2.65. The fraction of sp³-hybridized carbons (Fsp3) is 0.950. The predicted molar refractivity (Wildman–Crippen MR) is 87.5 cm³/mol. The molecule has 0 spiro atoms. The molecule has 0 aromatic rings. The van der Waals surface area contributed by atoms with Gasteiger partial charge in [-0.2, -0.15) is 0 Å². The van der Waals surface area contributed by atoms with Gasteiger partial charge in [-0.1, -0.05) is 26.7 Å². The van der Waals surface area contributed by atoms with Gasteiger partial charge in [-0.05, 0) is 61.7 Å². The van der Waals surface area contributed by atoms with E-state index in [-0.39, 0.29) is 11.5 Å². The van der Waals surface area contributed by atoms with Crippen LogP contribution in [0.3, 0.4) is 0 Å². The number of carbonyl (C=O) groups is 1. The number of fused-ring (bicyclic) bond motifs is 5. The zero-order chi connectivity index (χ0) is 15.5. The van der Waals surface area contributed by atoms with E-state index in [1.165, 1.54) is 44.9 Å². The van der Waals surface area contributed by atoms with E-state index in [0.717, 1.165) is 24.2 Å². The minimum absolute atomic E-state index is 0.0836. The quantitative estimate of drug-likeness (QED) is 0.707. The molecule has 22 heavy (non-hydrogen) atoms. The van der Waals surface area contributed by atoms with E-state index in [1.54, 1.807) is 0 Å². The molecule has 2 heteroatoms. The molecular weight excluding hydrogens is 272 g/mol. The van der Waals surface area contributed by atoms with Crippen LogP contribution in [0.5, 0.6) is 0 Å². The first-order valence-corrected chi connectivity index (χ1v) is 9.57. The second-order valence-electron chi connectivity index (χ2n) is 9.18. The van der Waals surface area contributed by atoms with Crippen LogP contribution in [0.25, 0.3) is 0 Å². The summed E-state index contributed by atoms with van der Waals surface area (Å²) < 4.78 is 5.81. The summed E-state index contributed by atoms with van der Waals surface area (Å²) in [6, 6.07) is 0. The van der Waals surface area contributed by atoms with Gasteiger partial charge in [0.25, 0.3) is 0 Å². The molecule has 4 aliphatic rings. The summed E-state index contributed by atoms with van der Waals surface area (Å²) in [5.74, 6) is 3.50. The van der Waals surface area contributed by atoms with Gasteiger partial charge in [0.2, 0.25) is 0 Å². The molecular formula is C20H32O2. The molecule has 0 N–H and O–H groups in total. The lowest BCUT2D eigenvalue weighted by Crippen LogP contribution is -2.54. The number of Topliss-reactive ketones (excluding diaryl/α,β-unsaturated/α-hetero) is 1. The summed E-state index contributed by atoms with van der Waals surface area (Å²) >= 11 is 0. The Balaban J connectivity index is 1.69. The lowest BCUT2D eigenvalue weighted by atomic mass is 9.45. The van der Waals surface area contributed by atoms with Crippen molar-refractivity contribution in [3.05, 3.63) is 0 Å². The van der Waals surface area contributed by atoms with Gasteiger partial charge in [-0.15, -0.1) is 0 Å². The molecule has 0 bridgehead atoms. The van der Waals surface area contributed by atoms with Crippen LogP contribution in [0, 0.1) is 34.5 Å². The van der Waals surface area contributed by atoms with Crippen molar-refractivity contribution in [3.63, 3.8) is 0 Å². The van der Waals surface area contributed by atoms with Crippen molar-refractivity contribution < 1.29 is 9.53 Å². The van der Waals surface area contributed by atoms with Gasteiger partial charge in [-0.25, -0.2) is 0 Å². The van der Waals surface area contributed by atoms with Crippen LogP contribution >= 0.6 is 0 Å². The monoisotopic (exact) mass is 304 g/mol. The molecule has 0 saturated heterocycles. The molecule has 124 valence electrons. The van der Waals surface area contributed by atoms with Crippen LogP contribution < -0.4 is 0 Å². The summed E-state index contributed by atoms with van der Waals surface area (Å²) in [4.78, 5) is 12.7. The first-order valence-electron chi connectivity index (χ1n) is 9.57. The highest BCUT2D eigenvalue weighted by Gasteiger charge is 2.62. The lowest BCUT2D eigenvalue weighted by molar-refractivity contribution is -0.144. The third kappa shape index (κ3) is 1.85. The number of methoxy groups -OCH3 is 1. The second kappa shape index (κ2) is 5.06. The number of rotatable bonds is 1. The number of ketones is 1. The minimum atomic E-state index is -0.0836. The number of hydrogen-bond donors (Lipinski definition) is 0. The Morgan fingerprint density at radius 1 is 1.05 bits per heavy atom. The van der Waals surface area contributed by atoms with Gasteiger partial charge in [0.15, 0.2) is 0 Å². The maximum absolute atomic E-state index is 12.7. The Morgan fingerprint density at radius 2 is 1.86 bits per heavy atom. The average molecular weight is 304 g/mol. The molecule has 0 heterocycles. The SMILES string of the molecule is COC1CC(=O)C2(C)CCC3C(CC[C@H]4CCCCC34C)C12. The van der Waals surface area contributed by atoms with Gasteiger partial charge in [0.1, 0.15) is 5.78 Å². The Morgan fingerprint density at radius 3 is 2.64 bits per heavy atom. The topological polar surface area (TPSA) is 26.3 Å². The van der Waals surface area contributed by atoms with Gasteiger partial charge in [0, 0.05) is 24.9 Å². The number of ether oxygens (including phenoxy) is 1. The highest BCUT2D eigenvalue weighted by molar-refractivity contribution is 5.88. The molecule has 2 nitrogen and oxygen atoms in total. The fourth-order valence-electron chi connectivity index (χ4n) is 7.33. The molecule has 0 amide bonds. The van der Waals surface area contributed by atoms with E-state index in [4.69, 9.17) is 4.74 Å². The van der Waals surface area contributed by atoms with Crippen LogP contribution in [0.1, 0.15) is 71.6 Å². The van der Waals surface area contributed by atoms with E-state index in [9.17, 15) is 4.79 Å². The molecule has 4 rings (SSSR count). The van der Waals surface area contributed by atoms with Crippen molar-refractivity contribution >= 4 is 5.78 Å². The van der Waals surface area contributed by atoms with Crippen molar-refractivity contribution in [3.8, 4) is 0 Å². The van der Waals surface area contributed by atoms with Crippen molar-refractivity contribution in [1.29, 1.82) is 0 Å². The maximum Gasteiger partial charge on any atom is 0.141 e. The molecule has 0 radical (unpaired) electrons. The fourth-order valence-corrected chi connectivity index (χ4v) is 7.33. The minimum Gasteiger partial charge on any atom is -0.381 e. The maximum atomic E-state index is 12.7. The van der Waals surface area contributed by atoms with Gasteiger partial charge >= 0.3 is 0 Å². The Hall–Kier alpha value is -0.370. The van der Waals surface area contributed by atoms with Crippen LogP contribution in [-0.2, 0) is 9.53 Å². The predicted octanol–water partition coefficient (Wildman–Crippen LogP) is 4.61. The summed E-state index contributed by atoms with van der Waals surface area (Å²) in [5.41, 5.74) is 0.464. The first-order chi connectivity index (χ1) is 10.5. The van der Waals surface area contributed by atoms with Crippen molar-refractivity contribution in [2.24, 2.45) is 34.5 Å². The van der Waals surface area contributed by atoms with Gasteiger partial charge < -0.3 is 4.74 Å². The zero-order valence-electron chi connectivity index (χ0n) is 14.6. The van der Waals surface area contributed by atoms with Crippen LogP contribution in [0.2, 0.25) is 0 Å². The van der Waals surface area contributed by atoms with Crippen LogP contribution in [-0.4, -0.2) is 19.0 Å². The van der Waals surface area contributed by atoms with Gasteiger partial charge in [0.05, 0.1) is 6.10 Å². The third-order valence-corrected chi connectivity index (χ3v) is 8.56. The smallest absolute Gasteiger partial charge is 0.141 e. The van der Waals surface area contributed by atoms with Gasteiger partial charge in [-0.3, -0.25) is 4.79 Å². The van der Waals surface area contributed by atoms with E-state index in [2.05, 4.69) is 13.8 Å². The molecule has 7 atom stereocenters. The van der Waals surface area contributed by atoms with Crippen LogP contribution in [0.4, 0.5) is 0 Å². The van der Waals surface area contributed by atoms with E-state index >= 15 is 0 Å².